The molecule has 0 heterocycles. The highest BCUT2D eigenvalue weighted by Gasteiger charge is 2.25. The second-order valence-corrected chi connectivity index (χ2v) is 4.02. The number of carbonyl (C=O) groups excluding carboxylic acids is 1. The molecular weight excluding hydrogens is 176 g/mol. The Morgan fingerprint density at radius 1 is 1.64 bits per heavy atom. The van der Waals surface area contributed by atoms with Crippen molar-refractivity contribution in [2.75, 3.05) is 0 Å². The van der Waals surface area contributed by atoms with Crippen LogP contribution in [0.2, 0.25) is 0 Å². The maximum Gasteiger partial charge on any atom is 0.224 e. The van der Waals surface area contributed by atoms with Crippen LogP contribution in [0.15, 0.2) is 0 Å². The number of nitrogens with two attached hydrogens (primary N) is 1. The number of amides is 1. The molecule has 0 aromatic rings. The molecule has 0 spiro atoms. The molecule has 1 aliphatic rings. The zero-order valence-electron chi connectivity index (χ0n) is 8.62. The van der Waals surface area contributed by atoms with Crippen LogP contribution >= 0.6 is 0 Å². The second-order valence-electron chi connectivity index (χ2n) is 4.02. The van der Waals surface area contributed by atoms with Crippen LogP contribution in [0.25, 0.3) is 0 Å². The number of terminal acetylenes is 1. The van der Waals surface area contributed by atoms with Crippen molar-refractivity contribution >= 4 is 5.91 Å². The highest BCUT2D eigenvalue weighted by molar-refractivity contribution is 5.79. The number of hydrogen-bond donors (Lipinski definition) is 2. The summed E-state index contributed by atoms with van der Waals surface area (Å²) in [5, 5.41) is 2.79. The van der Waals surface area contributed by atoms with Gasteiger partial charge in [-0.15, -0.1) is 6.42 Å². The van der Waals surface area contributed by atoms with Crippen molar-refractivity contribution < 1.29 is 4.79 Å². The van der Waals surface area contributed by atoms with Crippen LogP contribution in [0, 0.1) is 18.3 Å². The van der Waals surface area contributed by atoms with Crippen LogP contribution in [0.3, 0.4) is 0 Å². The minimum atomic E-state index is -0.180. The lowest BCUT2D eigenvalue weighted by Crippen LogP contribution is -2.40. The summed E-state index contributed by atoms with van der Waals surface area (Å²) in [5.41, 5.74) is 5.81. The Hall–Kier alpha value is -1.01. The van der Waals surface area contributed by atoms with E-state index in [0.29, 0.717) is 0 Å². The van der Waals surface area contributed by atoms with Gasteiger partial charge in [0.25, 0.3) is 0 Å². The molecule has 3 unspecified atom stereocenters. The summed E-state index contributed by atoms with van der Waals surface area (Å²) in [5.74, 6) is 2.61. The monoisotopic (exact) mass is 194 g/mol. The van der Waals surface area contributed by atoms with Gasteiger partial charge < -0.3 is 11.1 Å². The number of hydrogen-bond acceptors (Lipinski definition) is 2. The van der Waals surface area contributed by atoms with Crippen molar-refractivity contribution in [3.8, 4) is 12.3 Å². The molecular formula is C11H18N2O. The second kappa shape index (κ2) is 5.02. The van der Waals surface area contributed by atoms with Gasteiger partial charge in [-0.1, -0.05) is 12.3 Å². The van der Waals surface area contributed by atoms with Gasteiger partial charge in [0.1, 0.15) is 0 Å². The molecule has 0 bridgehead atoms. The van der Waals surface area contributed by atoms with Gasteiger partial charge in [-0.25, -0.2) is 0 Å². The number of rotatable bonds is 2. The van der Waals surface area contributed by atoms with E-state index in [2.05, 4.69) is 11.2 Å². The first kappa shape index (κ1) is 11.1. The minimum absolute atomic E-state index is 0.0607. The zero-order chi connectivity index (χ0) is 10.6. The van der Waals surface area contributed by atoms with Gasteiger partial charge in [-0.3, -0.25) is 4.79 Å². The van der Waals surface area contributed by atoms with Crippen molar-refractivity contribution in [3.05, 3.63) is 0 Å². The van der Waals surface area contributed by atoms with E-state index < -0.39 is 0 Å². The lowest BCUT2D eigenvalue weighted by Gasteiger charge is -2.26. The molecule has 78 valence electrons. The van der Waals surface area contributed by atoms with Crippen molar-refractivity contribution in [2.45, 2.75) is 44.7 Å². The Morgan fingerprint density at radius 3 is 2.93 bits per heavy atom. The molecule has 0 aromatic heterocycles. The third-order valence-electron chi connectivity index (χ3n) is 2.69. The number of nitrogens with one attached hydrogen (secondary N) is 1. The molecule has 0 radical (unpaired) electrons. The van der Waals surface area contributed by atoms with E-state index in [1.807, 2.05) is 0 Å². The summed E-state index contributed by atoms with van der Waals surface area (Å²) in [6.07, 6.45) is 9.01. The van der Waals surface area contributed by atoms with Crippen molar-refractivity contribution in [1.82, 2.24) is 5.32 Å². The molecule has 1 amide bonds. The van der Waals surface area contributed by atoms with E-state index in [0.717, 1.165) is 25.7 Å². The molecule has 1 rings (SSSR count). The van der Waals surface area contributed by atoms with Crippen LogP contribution < -0.4 is 11.1 Å². The first-order valence-electron chi connectivity index (χ1n) is 5.15. The molecule has 14 heavy (non-hydrogen) atoms. The molecule has 0 saturated heterocycles. The molecule has 3 atom stereocenters. The van der Waals surface area contributed by atoms with Gasteiger partial charge in [-0.05, 0) is 26.2 Å². The highest BCUT2D eigenvalue weighted by atomic mass is 16.1. The summed E-state index contributed by atoms with van der Waals surface area (Å²) in [6, 6.07) is 0.00120. The maximum atomic E-state index is 11.7. The molecule has 1 fully saturated rings. The predicted molar refractivity (Wildman–Crippen MR) is 56.4 cm³/mol. The van der Waals surface area contributed by atoms with Gasteiger partial charge in [-0.2, -0.15) is 0 Å². The third kappa shape index (κ3) is 3.04. The van der Waals surface area contributed by atoms with E-state index in [1.165, 1.54) is 0 Å². The van der Waals surface area contributed by atoms with Gasteiger partial charge >= 0.3 is 0 Å². The Bertz CT molecular complexity index is 244. The molecule has 1 saturated carbocycles. The fraction of sp³-hybridized carbons (Fsp3) is 0.727. The summed E-state index contributed by atoms with van der Waals surface area (Å²) in [6.45, 7) is 1.81. The SMILES string of the molecule is C#CC(C)NC(=O)C1CCCC(N)C1. The molecule has 3 N–H and O–H groups in total. The summed E-state index contributed by atoms with van der Waals surface area (Å²) in [7, 11) is 0. The van der Waals surface area contributed by atoms with Crippen LogP contribution in [-0.4, -0.2) is 18.0 Å². The van der Waals surface area contributed by atoms with Gasteiger partial charge in [0.15, 0.2) is 0 Å². The topological polar surface area (TPSA) is 55.1 Å². The standard InChI is InChI=1S/C11H18N2O/c1-3-8(2)13-11(14)9-5-4-6-10(12)7-9/h1,8-10H,4-7,12H2,2H3,(H,13,14). The molecule has 3 heteroatoms. The zero-order valence-corrected chi connectivity index (χ0v) is 8.62. The number of carbonyl (C=O) groups is 1. The Kier molecular flexibility index (Phi) is 3.97. The Morgan fingerprint density at radius 2 is 2.36 bits per heavy atom. The predicted octanol–water partition coefficient (Wildman–Crippen LogP) is 0.642. The van der Waals surface area contributed by atoms with Crippen molar-refractivity contribution in [1.29, 1.82) is 0 Å². The smallest absolute Gasteiger partial charge is 0.224 e. The lowest BCUT2D eigenvalue weighted by atomic mass is 9.85. The largest absolute Gasteiger partial charge is 0.343 e. The van der Waals surface area contributed by atoms with Gasteiger partial charge in [0.2, 0.25) is 5.91 Å². The van der Waals surface area contributed by atoms with Gasteiger partial charge in [0, 0.05) is 12.0 Å². The third-order valence-corrected chi connectivity index (χ3v) is 2.69. The highest BCUT2D eigenvalue weighted by Crippen LogP contribution is 2.23. The average molecular weight is 194 g/mol. The van der Waals surface area contributed by atoms with E-state index in [9.17, 15) is 4.79 Å². The average Bonchev–Trinajstić information content (AvgIpc) is 2.17. The van der Waals surface area contributed by atoms with Crippen molar-refractivity contribution in [3.63, 3.8) is 0 Å². The van der Waals surface area contributed by atoms with Crippen LogP contribution in [0.1, 0.15) is 32.6 Å². The van der Waals surface area contributed by atoms with E-state index in [4.69, 9.17) is 12.2 Å². The minimum Gasteiger partial charge on any atom is -0.343 e. The van der Waals surface area contributed by atoms with Crippen LogP contribution in [0.4, 0.5) is 0 Å². The van der Waals surface area contributed by atoms with Gasteiger partial charge in [0.05, 0.1) is 6.04 Å². The Labute approximate surface area is 85.4 Å². The summed E-state index contributed by atoms with van der Waals surface area (Å²) in [4.78, 5) is 11.7. The molecule has 3 nitrogen and oxygen atoms in total. The molecule has 1 aliphatic carbocycles. The lowest BCUT2D eigenvalue weighted by molar-refractivity contribution is -0.126. The summed E-state index contributed by atoms with van der Waals surface area (Å²) >= 11 is 0. The van der Waals surface area contributed by atoms with E-state index in [1.54, 1.807) is 6.92 Å². The maximum absolute atomic E-state index is 11.7. The molecule has 0 aromatic carbocycles. The Balaban J connectivity index is 2.40. The normalized spacial score (nSPS) is 28.9. The first-order valence-corrected chi connectivity index (χ1v) is 5.15. The fourth-order valence-electron chi connectivity index (χ4n) is 1.84. The first-order chi connectivity index (χ1) is 6.63. The van der Waals surface area contributed by atoms with E-state index >= 15 is 0 Å². The summed E-state index contributed by atoms with van der Waals surface area (Å²) < 4.78 is 0. The van der Waals surface area contributed by atoms with E-state index in [-0.39, 0.29) is 23.9 Å². The molecule has 0 aliphatic heterocycles. The fourth-order valence-corrected chi connectivity index (χ4v) is 1.84. The van der Waals surface area contributed by atoms with Crippen molar-refractivity contribution in [2.24, 2.45) is 11.7 Å². The quantitative estimate of drug-likeness (QED) is 0.634. The van der Waals surface area contributed by atoms with Crippen LogP contribution in [0.5, 0.6) is 0 Å². The van der Waals surface area contributed by atoms with Crippen LogP contribution in [-0.2, 0) is 4.79 Å².